The summed E-state index contributed by atoms with van der Waals surface area (Å²) in [6.45, 7) is 6.89. The van der Waals surface area contributed by atoms with Gasteiger partial charge in [-0.2, -0.15) is 0 Å². The third-order valence-electron chi connectivity index (χ3n) is 5.85. The van der Waals surface area contributed by atoms with Crippen molar-refractivity contribution in [1.29, 1.82) is 0 Å². The van der Waals surface area contributed by atoms with Crippen molar-refractivity contribution in [1.82, 2.24) is 29.5 Å². The van der Waals surface area contributed by atoms with Gasteiger partial charge in [0.1, 0.15) is 17.3 Å². The number of aryl methyl sites for hydroxylation is 2. The van der Waals surface area contributed by atoms with Crippen LogP contribution in [0.25, 0.3) is 0 Å². The number of hydrogen-bond acceptors (Lipinski definition) is 5. The highest BCUT2D eigenvalue weighted by molar-refractivity contribution is 5.95. The van der Waals surface area contributed by atoms with Gasteiger partial charge in [-0.1, -0.05) is 0 Å². The average molecular weight is 400 g/mol. The van der Waals surface area contributed by atoms with Crippen LogP contribution in [0.4, 0.5) is 4.79 Å². The maximum Gasteiger partial charge on any atom is 0.319 e. The van der Waals surface area contributed by atoms with Gasteiger partial charge in [-0.3, -0.25) is 4.79 Å². The van der Waals surface area contributed by atoms with E-state index in [1.807, 2.05) is 23.6 Å². The molecule has 2 aliphatic heterocycles. The molecule has 3 amide bonds. The van der Waals surface area contributed by atoms with Crippen LogP contribution in [0.2, 0.25) is 0 Å². The molecule has 1 fully saturated rings. The molecule has 156 valence electrons. The van der Waals surface area contributed by atoms with E-state index in [9.17, 15) is 9.59 Å². The largest absolute Gasteiger partial charge is 0.466 e. The standard InChI is InChI=1S/C20H28N6O3/c1-13-11-16(14(2)29-13)19(27)25-9-10-26-17(12-25)21-22-18(26)15-5-7-24(8-6-15)20(28)23(3)4/h11,15H,5-10,12H2,1-4H3. The molecule has 0 spiro atoms. The van der Waals surface area contributed by atoms with E-state index >= 15 is 0 Å². The second-order valence-electron chi connectivity index (χ2n) is 8.12. The SMILES string of the molecule is Cc1cc(C(=O)N2CCn3c(nnc3C3CCN(C(=O)N(C)C)CC3)C2)c(C)o1. The molecule has 2 aromatic heterocycles. The van der Waals surface area contributed by atoms with Crippen LogP contribution < -0.4 is 0 Å². The molecule has 4 heterocycles. The third kappa shape index (κ3) is 3.61. The first-order chi connectivity index (χ1) is 13.8. The zero-order chi connectivity index (χ0) is 20.7. The first-order valence-corrected chi connectivity index (χ1v) is 10.1. The Kier molecular flexibility index (Phi) is 5.06. The lowest BCUT2D eigenvalue weighted by atomic mass is 9.96. The highest BCUT2D eigenvalue weighted by Gasteiger charge is 2.32. The molecule has 29 heavy (non-hydrogen) atoms. The van der Waals surface area contributed by atoms with Crippen molar-refractivity contribution in [3.05, 3.63) is 34.8 Å². The molecule has 2 aromatic rings. The lowest BCUT2D eigenvalue weighted by Gasteiger charge is -2.34. The Morgan fingerprint density at radius 2 is 1.79 bits per heavy atom. The number of piperidine rings is 1. The van der Waals surface area contributed by atoms with Crippen LogP contribution in [0.15, 0.2) is 10.5 Å². The van der Waals surface area contributed by atoms with Gasteiger partial charge in [0.15, 0.2) is 5.82 Å². The number of aromatic nitrogens is 3. The normalized spacial score (nSPS) is 17.4. The number of furan rings is 1. The zero-order valence-electron chi connectivity index (χ0n) is 17.5. The number of hydrogen-bond donors (Lipinski definition) is 0. The van der Waals surface area contributed by atoms with E-state index in [1.165, 1.54) is 0 Å². The Bertz CT molecular complexity index is 923. The number of likely N-dealkylation sites (tertiary alicyclic amines) is 1. The van der Waals surface area contributed by atoms with Crippen molar-refractivity contribution in [2.75, 3.05) is 33.7 Å². The highest BCUT2D eigenvalue weighted by atomic mass is 16.3. The second-order valence-corrected chi connectivity index (χ2v) is 8.12. The molecular formula is C20H28N6O3. The van der Waals surface area contributed by atoms with Gasteiger partial charge >= 0.3 is 6.03 Å². The maximum atomic E-state index is 12.9. The molecule has 9 nitrogen and oxygen atoms in total. The highest BCUT2D eigenvalue weighted by Crippen LogP contribution is 2.29. The van der Waals surface area contributed by atoms with Gasteiger partial charge < -0.3 is 23.7 Å². The van der Waals surface area contributed by atoms with Crippen molar-refractivity contribution < 1.29 is 14.0 Å². The first kappa shape index (κ1) is 19.5. The van der Waals surface area contributed by atoms with Crippen molar-refractivity contribution in [2.24, 2.45) is 0 Å². The fourth-order valence-corrected chi connectivity index (χ4v) is 4.28. The predicted molar refractivity (Wildman–Crippen MR) is 106 cm³/mol. The summed E-state index contributed by atoms with van der Waals surface area (Å²) in [5.41, 5.74) is 0.619. The summed E-state index contributed by atoms with van der Waals surface area (Å²) in [7, 11) is 3.56. The Labute approximate surface area is 170 Å². The fraction of sp³-hybridized carbons (Fsp3) is 0.600. The van der Waals surface area contributed by atoms with Gasteiger partial charge in [0.25, 0.3) is 5.91 Å². The van der Waals surface area contributed by atoms with Crippen molar-refractivity contribution in [3.63, 3.8) is 0 Å². The molecule has 0 N–H and O–H groups in total. The quantitative estimate of drug-likeness (QED) is 0.769. The van der Waals surface area contributed by atoms with E-state index in [0.717, 1.165) is 43.3 Å². The summed E-state index contributed by atoms with van der Waals surface area (Å²) in [5, 5.41) is 8.83. The topological polar surface area (TPSA) is 87.7 Å². The van der Waals surface area contributed by atoms with Crippen LogP contribution in [0, 0.1) is 13.8 Å². The first-order valence-electron chi connectivity index (χ1n) is 10.1. The van der Waals surface area contributed by atoms with Crippen molar-refractivity contribution in [2.45, 2.75) is 45.7 Å². The Hall–Kier alpha value is -2.84. The number of carbonyl (C=O) groups is 2. The molecular weight excluding hydrogens is 372 g/mol. The van der Waals surface area contributed by atoms with Crippen LogP contribution in [0.1, 0.15) is 52.3 Å². The summed E-state index contributed by atoms with van der Waals surface area (Å²) in [5.74, 6) is 3.48. The molecule has 1 saturated heterocycles. The minimum absolute atomic E-state index is 0.0225. The average Bonchev–Trinajstić information content (AvgIpc) is 3.28. The summed E-state index contributed by atoms with van der Waals surface area (Å²) >= 11 is 0. The Morgan fingerprint density at radius 1 is 1.07 bits per heavy atom. The minimum Gasteiger partial charge on any atom is -0.466 e. The molecule has 0 aromatic carbocycles. The number of fused-ring (bicyclic) bond motifs is 1. The fourth-order valence-electron chi connectivity index (χ4n) is 4.28. The molecule has 9 heteroatoms. The summed E-state index contributed by atoms with van der Waals surface area (Å²) in [6, 6.07) is 1.86. The maximum absolute atomic E-state index is 12.9. The van der Waals surface area contributed by atoms with Crippen LogP contribution in [0.3, 0.4) is 0 Å². The van der Waals surface area contributed by atoms with E-state index in [4.69, 9.17) is 4.42 Å². The number of carbonyl (C=O) groups excluding carboxylic acids is 2. The minimum atomic E-state index is -0.0225. The molecule has 0 bridgehead atoms. The number of rotatable bonds is 2. The van der Waals surface area contributed by atoms with Gasteiger partial charge in [0.2, 0.25) is 0 Å². The van der Waals surface area contributed by atoms with E-state index < -0.39 is 0 Å². The monoisotopic (exact) mass is 400 g/mol. The predicted octanol–water partition coefficient (Wildman–Crippen LogP) is 2.00. The van der Waals surface area contributed by atoms with E-state index in [1.54, 1.807) is 25.1 Å². The molecule has 0 radical (unpaired) electrons. The van der Waals surface area contributed by atoms with Gasteiger partial charge in [-0.15, -0.1) is 10.2 Å². The Morgan fingerprint density at radius 3 is 2.41 bits per heavy atom. The Balaban J connectivity index is 1.43. The molecule has 0 atom stereocenters. The van der Waals surface area contributed by atoms with Crippen molar-refractivity contribution in [3.8, 4) is 0 Å². The number of urea groups is 1. The number of nitrogens with zero attached hydrogens (tertiary/aromatic N) is 6. The van der Waals surface area contributed by atoms with Crippen LogP contribution >= 0.6 is 0 Å². The summed E-state index contributed by atoms with van der Waals surface area (Å²) < 4.78 is 7.67. The lowest BCUT2D eigenvalue weighted by molar-refractivity contribution is 0.0704. The molecule has 0 aliphatic carbocycles. The zero-order valence-corrected chi connectivity index (χ0v) is 17.5. The van der Waals surface area contributed by atoms with Gasteiger partial charge in [-0.25, -0.2) is 4.79 Å². The molecule has 2 aliphatic rings. The lowest BCUT2D eigenvalue weighted by Crippen LogP contribution is -2.44. The number of amides is 3. The second kappa shape index (κ2) is 7.53. The summed E-state index contributed by atoms with van der Waals surface area (Å²) in [6.07, 6.45) is 1.77. The summed E-state index contributed by atoms with van der Waals surface area (Å²) in [4.78, 5) is 30.3. The van der Waals surface area contributed by atoms with Gasteiger partial charge in [-0.05, 0) is 32.8 Å². The van der Waals surface area contributed by atoms with E-state index in [0.29, 0.717) is 36.9 Å². The van der Waals surface area contributed by atoms with Crippen LogP contribution in [0.5, 0.6) is 0 Å². The van der Waals surface area contributed by atoms with Crippen LogP contribution in [-0.2, 0) is 13.1 Å². The van der Waals surface area contributed by atoms with Crippen LogP contribution in [-0.4, -0.2) is 75.1 Å². The van der Waals surface area contributed by atoms with E-state index in [2.05, 4.69) is 14.8 Å². The third-order valence-corrected chi connectivity index (χ3v) is 5.85. The van der Waals surface area contributed by atoms with E-state index in [-0.39, 0.29) is 11.9 Å². The molecule has 0 saturated carbocycles. The molecule has 0 unspecified atom stereocenters. The molecule has 4 rings (SSSR count). The smallest absolute Gasteiger partial charge is 0.319 e. The van der Waals surface area contributed by atoms with Crippen molar-refractivity contribution >= 4 is 11.9 Å². The van der Waals surface area contributed by atoms with Gasteiger partial charge in [0.05, 0.1) is 12.1 Å². The van der Waals surface area contributed by atoms with Gasteiger partial charge in [0, 0.05) is 46.2 Å².